The van der Waals surface area contributed by atoms with E-state index in [1.807, 2.05) is 61.1 Å². The lowest BCUT2D eigenvalue weighted by Gasteiger charge is -2.24. The second-order valence-corrected chi connectivity index (χ2v) is 8.83. The number of sulfonamides is 1. The van der Waals surface area contributed by atoms with Crippen molar-refractivity contribution in [3.63, 3.8) is 0 Å². The third-order valence-electron chi connectivity index (χ3n) is 4.74. The maximum absolute atomic E-state index is 12.7. The van der Waals surface area contributed by atoms with E-state index < -0.39 is 22.1 Å². The van der Waals surface area contributed by atoms with Gasteiger partial charge < -0.3 is 14.2 Å². The third kappa shape index (κ3) is 4.94. The van der Waals surface area contributed by atoms with Crippen molar-refractivity contribution in [1.29, 1.82) is 0 Å². The van der Waals surface area contributed by atoms with Gasteiger partial charge in [0, 0.05) is 36.7 Å². The number of nitrogens with zero attached hydrogens (tertiary/aromatic N) is 2. The van der Waals surface area contributed by atoms with E-state index >= 15 is 0 Å². The molecule has 0 saturated carbocycles. The number of rotatable bonds is 7. The molecular weight excluding hydrogens is 419 g/mol. The van der Waals surface area contributed by atoms with Crippen molar-refractivity contribution >= 4 is 20.9 Å². The first-order valence-corrected chi connectivity index (χ1v) is 10.5. The van der Waals surface area contributed by atoms with Crippen LogP contribution in [0.4, 0.5) is 13.2 Å². The van der Waals surface area contributed by atoms with Gasteiger partial charge in [-0.05, 0) is 50.0 Å². The fraction of sp³-hybridized carbons (Fsp3) is 0.300. The van der Waals surface area contributed by atoms with Crippen LogP contribution in [0, 0.1) is 0 Å². The Labute approximate surface area is 172 Å². The summed E-state index contributed by atoms with van der Waals surface area (Å²) in [5, 5.41) is 1.02. The van der Waals surface area contributed by atoms with E-state index in [1.54, 1.807) is 0 Å². The van der Waals surface area contributed by atoms with Gasteiger partial charge >= 0.3 is 6.36 Å². The quantitative estimate of drug-likeness (QED) is 0.608. The highest BCUT2D eigenvalue weighted by Crippen LogP contribution is 2.29. The van der Waals surface area contributed by atoms with E-state index in [-0.39, 0.29) is 17.5 Å². The maximum atomic E-state index is 12.7. The molecule has 0 aliphatic carbocycles. The second kappa shape index (κ2) is 8.29. The molecule has 0 spiro atoms. The van der Waals surface area contributed by atoms with Crippen molar-refractivity contribution in [3.05, 3.63) is 60.3 Å². The molecule has 0 aliphatic rings. The summed E-state index contributed by atoms with van der Waals surface area (Å²) in [7, 11) is 1.70. The van der Waals surface area contributed by atoms with Gasteiger partial charge in [0.15, 0.2) is 0 Å². The summed E-state index contributed by atoms with van der Waals surface area (Å²) in [5.74, 6) is -0.483. The zero-order valence-electron chi connectivity index (χ0n) is 16.6. The summed E-state index contributed by atoms with van der Waals surface area (Å²) >= 11 is 0. The number of halogens is 3. The molecule has 6 nitrogen and oxygen atoms in total. The van der Waals surface area contributed by atoms with Crippen LogP contribution < -0.4 is 9.46 Å². The van der Waals surface area contributed by atoms with Crippen LogP contribution in [0.1, 0.15) is 11.6 Å². The lowest BCUT2D eigenvalue weighted by atomic mass is 10.1. The third-order valence-corrected chi connectivity index (χ3v) is 6.18. The lowest BCUT2D eigenvalue weighted by Crippen LogP contribution is -2.34. The first-order chi connectivity index (χ1) is 14.0. The minimum atomic E-state index is -4.84. The van der Waals surface area contributed by atoms with Crippen LogP contribution in [0.3, 0.4) is 0 Å². The number of alkyl halides is 3. The Morgan fingerprint density at radius 2 is 1.73 bits per heavy atom. The SMILES string of the molecule is CN(C)[C@H](CNS(=O)(=O)c1ccc(OC(F)(F)F)cc1)c1cn(C)c2ccccc12. The largest absolute Gasteiger partial charge is 0.573 e. The van der Waals surface area contributed by atoms with Gasteiger partial charge in [-0.3, -0.25) is 0 Å². The Morgan fingerprint density at radius 1 is 1.10 bits per heavy atom. The number of nitrogens with one attached hydrogen (secondary N) is 1. The highest BCUT2D eigenvalue weighted by atomic mass is 32.2. The number of hydrogen-bond acceptors (Lipinski definition) is 4. The van der Waals surface area contributed by atoms with E-state index in [0.717, 1.165) is 40.7 Å². The van der Waals surface area contributed by atoms with Crippen LogP contribution in [0.25, 0.3) is 10.9 Å². The van der Waals surface area contributed by atoms with E-state index in [0.29, 0.717) is 0 Å². The van der Waals surface area contributed by atoms with Gasteiger partial charge in [0.1, 0.15) is 5.75 Å². The van der Waals surface area contributed by atoms with E-state index in [1.165, 1.54) is 0 Å². The van der Waals surface area contributed by atoms with Gasteiger partial charge in [-0.25, -0.2) is 13.1 Å². The summed E-state index contributed by atoms with van der Waals surface area (Å²) in [6, 6.07) is 11.7. The van der Waals surface area contributed by atoms with Crippen molar-refractivity contribution in [3.8, 4) is 5.75 Å². The van der Waals surface area contributed by atoms with Crippen molar-refractivity contribution in [2.24, 2.45) is 7.05 Å². The smallest absolute Gasteiger partial charge is 0.406 e. The highest BCUT2D eigenvalue weighted by Gasteiger charge is 2.31. The molecule has 1 N–H and O–H groups in total. The molecule has 2 aromatic carbocycles. The Balaban J connectivity index is 1.80. The minimum Gasteiger partial charge on any atom is -0.406 e. The van der Waals surface area contributed by atoms with Crippen LogP contribution in [0.15, 0.2) is 59.6 Å². The van der Waals surface area contributed by atoms with Crippen molar-refractivity contribution in [2.45, 2.75) is 17.3 Å². The first-order valence-electron chi connectivity index (χ1n) is 9.04. The van der Waals surface area contributed by atoms with E-state index in [2.05, 4.69) is 9.46 Å². The number of hydrogen-bond donors (Lipinski definition) is 1. The van der Waals surface area contributed by atoms with Crippen molar-refractivity contribution < 1.29 is 26.3 Å². The number of aromatic nitrogens is 1. The Morgan fingerprint density at radius 3 is 2.33 bits per heavy atom. The Bertz CT molecular complexity index is 1120. The summed E-state index contributed by atoms with van der Waals surface area (Å²) < 4.78 is 70.5. The van der Waals surface area contributed by atoms with Crippen LogP contribution >= 0.6 is 0 Å². The molecule has 0 unspecified atom stereocenters. The summed E-state index contributed by atoms with van der Waals surface area (Å²) in [6.07, 6.45) is -2.87. The van der Waals surface area contributed by atoms with Crippen LogP contribution in [0.5, 0.6) is 5.75 Å². The summed E-state index contributed by atoms with van der Waals surface area (Å²) in [5.41, 5.74) is 2.00. The molecule has 0 amide bonds. The number of fused-ring (bicyclic) bond motifs is 1. The molecule has 1 heterocycles. The molecule has 3 rings (SSSR count). The molecule has 0 saturated heterocycles. The van der Waals surface area contributed by atoms with Crippen LogP contribution in [-0.4, -0.2) is 44.9 Å². The molecule has 0 fully saturated rings. The molecule has 0 radical (unpaired) electrons. The van der Waals surface area contributed by atoms with E-state index in [9.17, 15) is 21.6 Å². The normalized spacial score (nSPS) is 13.7. The number of aryl methyl sites for hydroxylation is 1. The topological polar surface area (TPSA) is 63.6 Å². The van der Waals surface area contributed by atoms with Gasteiger partial charge in [-0.15, -0.1) is 13.2 Å². The average Bonchev–Trinajstić information content (AvgIpc) is 2.98. The average molecular weight is 441 g/mol. The van der Waals surface area contributed by atoms with Gasteiger partial charge in [-0.1, -0.05) is 18.2 Å². The van der Waals surface area contributed by atoms with E-state index in [4.69, 9.17) is 0 Å². The minimum absolute atomic E-state index is 0.0874. The Hall–Kier alpha value is -2.56. The van der Waals surface area contributed by atoms with Gasteiger partial charge in [0.25, 0.3) is 0 Å². The summed E-state index contributed by atoms with van der Waals surface area (Å²) in [4.78, 5) is 1.76. The number of ether oxygens (including phenoxy) is 1. The molecular formula is C20H22F3N3O3S. The van der Waals surface area contributed by atoms with Gasteiger partial charge in [0.05, 0.1) is 4.90 Å². The molecule has 162 valence electrons. The highest BCUT2D eigenvalue weighted by molar-refractivity contribution is 7.89. The van der Waals surface area contributed by atoms with Gasteiger partial charge in [0.2, 0.25) is 10.0 Å². The zero-order chi connectivity index (χ0) is 22.1. The predicted molar refractivity (Wildman–Crippen MR) is 108 cm³/mol. The molecule has 3 aromatic rings. The molecule has 30 heavy (non-hydrogen) atoms. The standard InChI is InChI=1S/C20H22F3N3O3S/c1-25(2)19(17-13-26(3)18-7-5-4-6-16(17)18)12-24-30(27,28)15-10-8-14(9-11-15)29-20(21,22)23/h4-11,13,19,24H,12H2,1-3H3/t19-/m1/s1. The summed E-state index contributed by atoms with van der Waals surface area (Å²) in [6.45, 7) is 0.0874. The van der Waals surface area contributed by atoms with Crippen molar-refractivity contribution in [1.82, 2.24) is 14.2 Å². The maximum Gasteiger partial charge on any atom is 0.573 e. The molecule has 0 aliphatic heterocycles. The van der Waals surface area contributed by atoms with Crippen molar-refractivity contribution in [2.75, 3.05) is 20.6 Å². The fourth-order valence-corrected chi connectivity index (χ4v) is 4.34. The fourth-order valence-electron chi connectivity index (χ4n) is 3.30. The number of benzene rings is 2. The van der Waals surface area contributed by atoms with Gasteiger partial charge in [-0.2, -0.15) is 0 Å². The number of likely N-dealkylation sites (N-methyl/N-ethyl adjacent to an activating group) is 1. The molecule has 1 atom stereocenters. The zero-order valence-corrected chi connectivity index (χ0v) is 17.5. The monoisotopic (exact) mass is 441 g/mol. The lowest BCUT2D eigenvalue weighted by molar-refractivity contribution is -0.274. The second-order valence-electron chi connectivity index (χ2n) is 7.06. The van der Waals surface area contributed by atoms with Crippen LogP contribution in [0.2, 0.25) is 0 Å². The predicted octanol–water partition coefficient (Wildman–Crippen LogP) is 3.66. The molecule has 0 bridgehead atoms. The molecule has 10 heteroatoms. The Kier molecular flexibility index (Phi) is 6.11. The first kappa shape index (κ1) is 22.1. The molecule has 1 aromatic heterocycles. The number of para-hydroxylation sites is 1. The van der Waals surface area contributed by atoms with Crippen LogP contribution in [-0.2, 0) is 17.1 Å².